The lowest BCUT2D eigenvalue weighted by atomic mass is 10.1. The van der Waals surface area contributed by atoms with Crippen molar-refractivity contribution in [2.75, 3.05) is 31.6 Å². The fraction of sp³-hybridized carbons (Fsp3) is 0.500. The average molecular weight is 247 g/mol. The van der Waals surface area contributed by atoms with Gasteiger partial charge in [0.15, 0.2) is 0 Å². The number of halogens is 1. The number of benzene rings is 1. The zero-order valence-electron chi connectivity index (χ0n) is 10.9. The minimum absolute atomic E-state index is 0.329. The molecule has 1 aliphatic heterocycles. The van der Waals surface area contributed by atoms with E-state index in [1.807, 2.05) is 0 Å². The molecule has 0 radical (unpaired) electrons. The number of nitrogens with zero attached hydrogens (tertiary/aromatic N) is 3. The molecule has 1 aromatic carbocycles. The normalized spacial score (nSPS) is 21.4. The van der Waals surface area contributed by atoms with Crippen LogP contribution in [0.4, 0.5) is 10.1 Å². The van der Waals surface area contributed by atoms with E-state index in [-0.39, 0.29) is 5.82 Å². The maximum absolute atomic E-state index is 13.2. The number of hydrogen-bond donors (Lipinski definition) is 0. The van der Waals surface area contributed by atoms with Gasteiger partial charge >= 0.3 is 0 Å². The minimum Gasteiger partial charge on any atom is -0.366 e. The Morgan fingerprint density at radius 3 is 2.89 bits per heavy atom. The molecule has 18 heavy (non-hydrogen) atoms. The Labute approximate surface area is 107 Å². The van der Waals surface area contributed by atoms with Gasteiger partial charge in [0, 0.05) is 19.1 Å². The maximum Gasteiger partial charge on any atom is 0.124 e. The second kappa shape index (κ2) is 5.36. The third kappa shape index (κ3) is 2.62. The van der Waals surface area contributed by atoms with Gasteiger partial charge in [0.2, 0.25) is 0 Å². The van der Waals surface area contributed by atoms with Crippen LogP contribution in [-0.2, 0) is 0 Å². The van der Waals surface area contributed by atoms with Crippen molar-refractivity contribution in [2.24, 2.45) is 0 Å². The first kappa shape index (κ1) is 12.8. The van der Waals surface area contributed by atoms with Crippen LogP contribution in [0.1, 0.15) is 18.9 Å². The van der Waals surface area contributed by atoms with Crippen molar-refractivity contribution in [3.05, 3.63) is 29.6 Å². The van der Waals surface area contributed by atoms with E-state index in [1.54, 1.807) is 6.07 Å². The molecule has 0 saturated carbocycles. The summed E-state index contributed by atoms with van der Waals surface area (Å²) >= 11 is 0. The molecule has 4 heteroatoms. The third-order valence-corrected chi connectivity index (χ3v) is 3.44. The number of rotatable bonds is 1. The van der Waals surface area contributed by atoms with E-state index in [1.165, 1.54) is 12.1 Å². The molecule has 0 spiro atoms. The van der Waals surface area contributed by atoms with E-state index >= 15 is 0 Å². The van der Waals surface area contributed by atoms with Crippen LogP contribution in [0.3, 0.4) is 0 Å². The van der Waals surface area contributed by atoms with Gasteiger partial charge in [0.25, 0.3) is 0 Å². The van der Waals surface area contributed by atoms with Gasteiger partial charge in [-0.3, -0.25) is 0 Å². The lowest BCUT2D eigenvalue weighted by Crippen LogP contribution is -2.38. The number of nitriles is 1. The quantitative estimate of drug-likeness (QED) is 0.762. The first-order valence-corrected chi connectivity index (χ1v) is 6.26. The summed E-state index contributed by atoms with van der Waals surface area (Å²) in [7, 11) is 2.11. The summed E-state index contributed by atoms with van der Waals surface area (Å²) in [5.74, 6) is -0.352. The van der Waals surface area contributed by atoms with Gasteiger partial charge in [-0.15, -0.1) is 0 Å². The van der Waals surface area contributed by atoms with E-state index in [9.17, 15) is 4.39 Å². The highest BCUT2D eigenvalue weighted by atomic mass is 19.1. The maximum atomic E-state index is 13.2. The zero-order chi connectivity index (χ0) is 13.1. The number of hydrogen-bond acceptors (Lipinski definition) is 3. The smallest absolute Gasteiger partial charge is 0.124 e. The Hall–Kier alpha value is -1.60. The fourth-order valence-electron chi connectivity index (χ4n) is 2.58. The van der Waals surface area contributed by atoms with E-state index in [0.29, 0.717) is 11.6 Å². The molecule has 1 aliphatic rings. The van der Waals surface area contributed by atoms with E-state index in [4.69, 9.17) is 5.26 Å². The molecule has 1 unspecified atom stereocenters. The molecule has 2 rings (SSSR count). The molecular formula is C14H18FN3. The minimum atomic E-state index is -0.352. The summed E-state index contributed by atoms with van der Waals surface area (Å²) < 4.78 is 13.2. The van der Waals surface area contributed by atoms with Gasteiger partial charge in [0.05, 0.1) is 11.3 Å². The first-order chi connectivity index (χ1) is 8.61. The van der Waals surface area contributed by atoms with Gasteiger partial charge in [-0.1, -0.05) is 0 Å². The van der Waals surface area contributed by atoms with Crippen molar-refractivity contribution in [3.63, 3.8) is 0 Å². The highest BCUT2D eigenvalue weighted by Crippen LogP contribution is 2.25. The molecule has 96 valence electrons. The zero-order valence-corrected chi connectivity index (χ0v) is 10.9. The molecule has 0 bridgehead atoms. The summed E-state index contributed by atoms with van der Waals surface area (Å²) in [4.78, 5) is 4.50. The van der Waals surface area contributed by atoms with Crippen LogP contribution >= 0.6 is 0 Å². The van der Waals surface area contributed by atoms with Crippen LogP contribution in [0.2, 0.25) is 0 Å². The lowest BCUT2D eigenvalue weighted by Gasteiger charge is -2.30. The number of likely N-dealkylation sites (N-methyl/N-ethyl adjacent to an activating group) is 1. The Morgan fingerprint density at radius 2 is 2.17 bits per heavy atom. The number of anilines is 1. The largest absolute Gasteiger partial charge is 0.366 e. The summed E-state index contributed by atoms with van der Waals surface area (Å²) in [6.07, 6.45) is 1.06. The predicted molar refractivity (Wildman–Crippen MR) is 70.0 cm³/mol. The Kier molecular flexibility index (Phi) is 3.83. The molecule has 0 aliphatic carbocycles. The highest BCUT2D eigenvalue weighted by molar-refractivity contribution is 5.60. The van der Waals surface area contributed by atoms with Crippen LogP contribution < -0.4 is 4.90 Å². The van der Waals surface area contributed by atoms with E-state index < -0.39 is 0 Å². The summed E-state index contributed by atoms with van der Waals surface area (Å²) in [5, 5.41) is 9.13. The molecule has 0 amide bonds. The van der Waals surface area contributed by atoms with Gasteiger partial charge in [0.1, 0.15) is 11.9 Å². The van der Waals surface area contributed by atoms with Crippen LogP contribution in [0.5, 0.6) is 0 Å². The van der Waals surface area contributed by atoms with Gasteiger partial charge < -0.3 is 9.80 Å². The molecular weight excluding hydrogens is 229 g/mol. The van der Waals surface area contributed by atoms with Crippen LogP contribution in [0, 0.1) is 17.1 Å². The molecule has 1 aromatic rings. The van der Waals surface area contributed by atoms with E-state index in [2.05, 4.69) is 29.8 Å². The van der Waals surface area contributed by atoms with E-state index in [0.717, 1.165) is 31.7 Å². The summed E-state index contributed by atoms with van der Waals surface area (Å²) in [5.41, 5.74) is 1.27. The van der Waals surface area contributed by atoms with Crippen LogP contribution in [0.15, 0.2) is 18.2 Å². The lowest BCUT2D eigenvalue weighted by molar-refractivity contribution is 0.337. The Morgan fingerprint density at radius 1 is 1.39 bits per heavy atom. The molecule has 1 fully saturated rings. The first-order valence-electron chi connectivity index (χ1n) is 6.26. The van der Waals surface area contributed by atoms with Crippen molar-refractivity contribution in [3.8, 4) is 6.07 Å². The Bertz CT molecular complexity index is 467. The highest BCUT2D eigenvalue weighted by Gasteiger charge is 2.22. The van der Waals surface area contributed by atoms with Crippen molar-refractivity contribution in [1.29, 1.82) is 5.26 Å². The predicted octanol–water partition coefficient (Wildman–Crippen LogP) is 2.23. The van der Waals surface area contributed by atoms with Gasteiger partial charge in [-0.2, -0.15) is 5.26 Å². The topological polar surface area (TPSA) is 30.3 Å². The third-order valence-electron chi connectivity index (χ3n) is 3.44. The molecule has 1 saturated heterocycles. The van der Waals surface area contributed by atoms with Gasteiger partial charge in [-0.25, -0.2) is 4.39 Å². The standard InChI is InChI=1S/C14H18FN3/c1-11-10-17(2)6-3-7-18(11)14-5-4-13(15)8-12(14)9-16/h4-5,8,11H,3,6-7,10H2,1-2H3. The van der Waals surface area contributed by atoms with Crippen LogP contribution in [-0.4, -0.2) is 37.6 Å². The molecule has 1 heterocycles. The Balaban J connectivity index is 2.32. The molecule has 0 aromatic heterocycles. The summed E-state index contributed by atoms with van der Waals surface area (Å²) in [6.45, 7) is 5.07. The van der Waals surface area contributed by atoms with Crippen LogP contribution in [0.25, 0.3) is 0 Å². The fourth-order valence-corrected chi connectivity index (χ4v) is 2.58. The monoisotopic (exact) mass is 247 g/mol. The van der Waals surface area contributed by atoms with Gasteiger partial charge in [-0.05, 0) is 45.1 Å². The molecule has 3 nitrogen and oxygen atoms in total. The summed E-state index contributed by atoms with van der Waals surface area (Å²) in [6, 6.07) is 6.88. The second-order valence-corrected chi connectivity index (χ2v) is 4.93. The van der Waals surface area contributed by atoms with Crippen molar-refractivity contribution in [1.82, 2.24) is 4.90 Å². The van der Waals surface area contributed by atoms with Crippen molar-refractivity contribution < 1.29 is 4.39 Å². The van der Waals surface area contributed by atoms with Crippen molar-refractivity contribution >= 4 is 5.69 Å². The second-order valence-electron chi connectivity index (χ2n) is 4.93. The average Bonchev–Trinajstić information content (AvgIpc) is 2.50. The van der Waals surface area contributed by atoms with Crippen molar-refractivity contribution in [2.45, 2.75) is 19.4 Å². The SMILES string of the molecule is CC1CN(C)CCCN1c1ccc(F)cc1C#N. The molecule has 1 atom stereocenters. The molecule has 0 N–H and O–H groups in total.